The summed E-state index contributed by atoms with van der Waals surface area (Å²) in [5.74, 6) is -1.44. The number of nitrogens with two attached hydrogens (primary N) is 1. The number of thiocarbonyl (C=S) groups is 1. The first kappa shape index (κ1) is 25.0. The molecule has 3 rings (SSSR count). The van der Waals surface area contributed by atoms with Crippen LogP contribution in [-0.4, -0.2) is 23.0 Å². The first-order valence-electron chi connectivity index (χ1n) is 10.8. The molecule has 0 aliphatic carbocycles. The third kappa shape index (κ3) is 6.01. The summed E-state index contributed by atoms with van der Waals surface area (Å²) >= 11 is 5.13. The minimum Gasteiger partial charge on any atom is -0.457 e. The highest BCUT2D eigenvalue weighted by molar-refractivity contribution is 7.79. The number of nitrogens with one attached hydrogen (secondary N) is 1. The molecule has 1 atom stereocenters. The summed E-state index contributed by atoms with van der Waals surface area (Å²) in [4.78, 5) is 38.3. The van der Waals surface area contributed by atoms with Crippen molar-refractivity contribution in [3.8, 4) is 0 Å². The number of ether oxygens (including phenoxy) is 1. The zero-order chi connectivity index (χ0) is 24.6. The summed E-state index contributed by atoms with van der Waals surface area (Å²) < 4.78 is 5.39. The highest BCUT2D eigenvalue weighted by Gasteiger charge is 2.41. The number of hydrogen-bond acceptors (Lipinski definition) is 6. The van der Waals surface area contributed by atoms with Gasteiger partial charge in [-0.05, 0) is 48.2 Å². The van der Waals surface area contributed by atoms with E-state index in [0.29, 0.717) is 12.2 Å². The topological polar surface area (TPSA) is 98.5 Å². The predicted molar refractivity (Wildman–Crippen MR) is 135 cm³/mol. The Morgan fingerprint density at radius 3 is 2.24 bits per heavy atom. The minimum atomic E-state index is -1.51. The zero-order valence-corrected chi connectivity index (χ0v) is 19.6. The molecule has 174 valence electrons. The molecule has 0 spiro atoms. The van der Waals surface area contributed by atoms with Gasteiger partial charge in [-0.25, -0.2) is 4.79 Å². The first-order chi connectivity index (χ1) is 16.4. The van der Waals surface area contributed by atoms with E-state index in [-0.39, 0.29) is 24.4 Å². The van der Waals surface area contributed by atoms with Crippen molar-refractivity contribution in [2.75, 3.05) is 5.32 Å². The predicted octanol–water partition coefficient (Wildman–Crippen LogP) is 4.26. The second kappa shape index (κ2) is 11.4. The monoisotopic (exact) mass is 474 g/mol. The number of benzene rings is 3. The summed E-state index contributed by atoms with van der Waals surface area (Å²) in [7, 11) is 0. The van der Waals surface area contributed by atoms with Crippen LogP contribution in [-0.2, 0) is 33.9 Å². The fourth-order valence-electron chi connectivity index (χ4n) is 3.43. The second-order valence-electron chi connectivity index (χ2n) is 7.94. The molecule has 0 saturated carbocycles. The van der Waals surface area contributed by atoms with Gasteiger partial charge in [0.2, 0.25) is 5.91 Å². The molecule has 0 aliphatic rings. The molecule has 0 bridgehead atoms. The van der Waals surface area contributed by atoms with Crippen LogP contribution in [0.25, 0.3) is 0 Å². The van der Waals surface area contributed by atoms with Gasteiger partial charge in [0.15, 0.2) is 0 Å². The Morgan fingerprint density at radius 1 is 0.941 bits per heavy atom. The van der Waals surface area contributed by atoms with Gasteiger partial charge in [-0.3, -0.25) is 9.59 Å². The van der Waals surface area contributed by atoms with Crippen LogP contribution in [0.4, 0.5) is 5.69 Å². The Labute approximate surface area is 204 Å². The molecule has 3 aromatic carbocycles. The highest BCUT2D eigenvalue weighted by Crippen LogP contribution is 2.26. The van der Waals surface area contributed by atoms with E-state index in [9.17, 15) is 14.4 Å². The van der Waals surface area contributed by atoms with Gasteiger partial charge in [-0.2, -0.15) is 0 Å². The molecule has 1 amide bonds. The van der Waals surface area contributed by atoms with E-state index in [4.69, 9.17) is 22.7 Å². The van der Waals surface area contributed by atoms with E-state index in [1.165, 1.54) is 18.4 Å². The van der Waals surface area contributed by atoms with Crippen molar-refractivity contribution in [1.82, 2.24) is 0 Å². The average molecular weight is 475 g/mol. The van der Waals surface area contributed by atoms with Crippen molar-refractivity contribution in [1.29, 1.82) is 0 Å². The zero-order valence-electron chi connectivity index (χ0n) is 18.8. The average Bonchev–Trinajstić information content (AvgIpc) is 2.86. The largest absolute Gasteiger partial charge is 0.457 e. The smallest absolute Gasteiger partial charge is 0.338 e. The first-order valence-corrected chi connectivity index (χ1v) is 11.2. The fourth-order valence-corrected chi connectivity index (χ4v) is 3.79. The number of carbonyl (C=O) groups excluding carboxylic acids is 3. The molecule has 7 heteroatoms. The molecular formula is C27H26N2O4S. The van der Waals surface area contributed by atoms with Crippen LogP contribution in [0, 0.1) is 5.41 Å². The van der Waals surface area contributed by atoms with Crippen molar-refractivity contribution in [3.05, 3.63) is 101 Å². The van der Waals surface area contributed by atoms with Crippen molar-refractivity contribution in [2.45, 2.75) is 26.5 Å². The summed E-state index contributed by atoms with van der Waals surface area (Å²) in [6.45, 7) is 1.90. The maximum Gasteiger partial charge on any atom is 0.338 e. The fraction of sp³-hybridized carbons (Fsp3) is 0.185. The molecular weight excluding hydrogens is 448 g/mol. The molecule has 0 radical (unpaired) electrons. The molecule has 0 aromatic heterocycles. The van der Waals surface area contributed by atoms with E-state index >= 15 is 0 Å². The second-order valence-corrected chi connectivity index (χ2v) is 8.18. The standard InChI is InChI=1S/C27H26N2O4S/c1-19(30)27(18-34,15-20-6-3-2-4-7-20)26(32)29-24-9-5-8-23(14-24)25(31)33-17-22-12-10-21(16-28)11-13-22/h2-14,18H,15-17,28H2,1H3,(H,29,32). The van der Waals surface area contributed by atoms with E-state index in [1.807, 2.05) is 54.6 Å². The maximum absolute atomic E-state index is 13.2. The summed E-state index contributed by atoms with van der Waals surface area (Å²) in [6.07, 6.45) is 0.142. The van der Waals surface area contributed by atoms with Gasteiger partial charge in [0, 0.05) is 17.6 Å². The number of carbonyl (C=O) groups is 3. The Hall–Kier alpha value is -3.68. The van der Waals surface area contributed by atoms with E-state index < -0.39 is 17.3 Å². The molecule has 0 fully saturated rings. The number of anilines is 1. The number of esters is 1. The number of amides is 1. The lowest BCUT2D eigenvalue weighted by Crippen LogP contribution is -2.45. The summed E-state index contributed by atoms with van der Waals surface area (Å²) in [5.41, 5.74) is 7.36. The minimum absolute atomic E-state index is 0.107. The molecule has 0 heterocycles. The number of rotatable bonds is 10. The lowest BCUT2D eigenvalue weighted by Gasteiger charge is -2.26. The SMILES string of the molecule is CC(=O)C(C=S)(Cc1ccccc1)C(=O)Nc1cccc(C(=O)OCc2ccc(CN)cc2)c1. The lowest BCUT2D eigenvalue weighted by atomic mass is 9.79. The van der Waals surface area contributed by atoms with Gasteiger partial charge in [-0.1, -0.05) is 72.9 Å². The highest BCUT2D eigenvalue weighted by atomic mass is 32.1. The van der Waals surface area contributed by atoms with Gasteiger partial charge in [-0.15, -0.1) is 0 Å². The third-order valence-electron chi connectivity index (χ3n) is 5.55. The molecule has 1 unspecified atom stereocenters. The Balaban J connectivity index is 1.72. The van der Waals surface area contributed by atoms with Crippen molar-refractivity contribution >= 4 is 40.9 Å². The van der Waals surface area contributed by atoms with Gasteiger partial charge < -0.3 is 15.8 Å². The van der Waals surface area contributed by atoms with E-state index in [0.717, 1.165) is 16.7 Å². The van der Waals surface area contributed by atoms with Crippen molar-refractivity contribution in [3.63, 3.8) is 0 Å². The van der Waals surface area contributed by atoms with Gasteiger partial charge in [0.05, 0.1) is 5.56 Å². The van der Waals surface area contributed by atoms with E-state index in [2.05, 4.69) is 5.32 Å². The van der Waals surface area contributed by atoms with Crippen LogP contribution < -0.4 is 11.1 Å². The Bertz CT molecular complexity index is 1180. The van der Waals surface area contributed by atoms with Crippen molar-refractivity contribution in [2.24, 2.45) is 11.1 Å². The quantitative estimate of drug-likeness (QED) is 0.259. The van der Waals surface area contributed by atoms with Crippen LogP contribution in [0.1, 0.15) is 34.0 Å². The molecule has 34 heavy (non-hydrogen) atoms. The van der Waals surface area contributed by atoms with Crippen LogP contribution in [0.3, 0.4) is 0 Å². The van der Waals surface area contributed by atoms with E-state index in [1.54, 1.807) is 18.2 Å². The molecule has 0 saturated heterocycles. The molecule has 0 aliphatic heterocycles. The molecule has 3 aromatic rings. The maximum atomic E-state index is 13.2. The van der Waals surface area contributed by atoms with Crippen LogP contribution in [0.2, 0.25) is 0 Å². The van der Waals surface area contributed by atoms with Crippen LogP contribution in [0.15, 0.2) is 78.9 Å². The third-order valence-corrected chi connectivity index (χ3v) is 5.95. The van der Waals surface area contributed by atoms with Crippen LogP contribution >= 0.6 is 12.2 Å². The van der Waals surface area contributed by atoms with Crippen molar-refractivity contribution < 1.29 is 19.1 Å². The number of hydrogen-bond donors (Lipinski definition) is 2. The number of ketones is 1. The Kier molecular flexibility index (Phi) is 8.40. The van der Waals surface area contributed by atoms with Crippen LogP contribution in [0.5, 0.6) is 0 Å². The Morgan fingerprint density at radius 2 is 1.62 bits per heavy atom. The van der Waals surface area contributed by atoms with Gasteiger partial charge in [0.25, 0.3) is 0 Å². The molecule has 6 nitrogen and oxygen atoms in total. The summed E-state index contributed by atoms with van der Waals surface area (Å²) in [5, 5.41) is 3.95. The summed E-state index contributed by atoms with van der Waals surface area (Å²) in [6, 6.07) is 23.0. The number of Topliss-reactive ketones (excluding diaryl/α,β-unsaturated/α-hetero) is 1. The normalized spacial score (nSPS) is 12.3. The van der Waals surface area contributed by atoms with Gasteiger partial charge in [0.1, 0.15) is 17.8 Å². The molecule has 3 N–H and O–H groups in total. The van der Waals surface area contributed by atoms with Gasteiger partial charge >= 0.3 is 5.97 Å². The lowest BCUT2D eigenvalue weighted by molar-refractivity contribution is -0.133.